The van der Waals surface area contributed by atoms with Crippen molar-refractivity contribution in [3.63, 3.8) is 0 Å². The highest BCUT2D eigenvalue weighted by atomic mass is 35.5. The lowest BCUT2D eigenvalue weighted by Gasteiger charge is -2.24. The number of urea groups is 1. The van der Waals surface area contributed by atoms with Crippen molar-refractivity contribution in [1.29, 1.82) is 0 Å². The minimum absolute atomic E-state index is 0.0118. The highest BCUT2D eigenvalue weighted by Crippen LogP contribution is 2.28. The topological polar surface area (TPSA) is 83.9 Å². The van der Waals surface area contributed by atoms with E-state index in [9.17, 15) is 4.79 Å². The van der Waals surface area contributed by atoms with E-state index in [0.717, 1.165) is 24.8 Å². The fraction of sp³-hybridized carbons (Fsp3) is 0.438. The number of fused-ring (bicyclic) bond motifs is 1. The molecule has 1 atom stereocenters. The van der Waals surface area contributed by atoms with Gasteiger partial charge >= 0.3 is 6.03 Å². The summed E-state index contributed by atoms with van der Waals surface area (Å²) in [5.41, 5.74) is 2.31. The van der Waals surface area contributed by atoms with Crippen LogP contribution in [0, 0.1) is 0 Å². The van der Waals surface area contributed by atoms with Crippen LogP contribution >= 0.6 is 23.2 Å². The summed E-state index contributed by atoms with van der Waals surface area (Å²) in [5.74, 6) is 0.542. The number of hydrogen-bond acceptors (Lipinski definition) is 4. The van der Waals surface area contributed by atoms with Crippen molar-refractivity contribution in [2.45, 2.75) is 25.3 Å². The Morgan fingerprint density at radius 3 is 3.00 bits per heavy atom. The zero-order chi connectivity index (χ0) is 17.8. The van der Waals surface area contributed by atoms with Gasteiger partial charge in [-0.25, -0.2) is 9.78 Å². The highest BCUT2D eigenvalue weighted by Gasteiger charge is 2.24. The van der Waals surface area contributed by atoms with E-state index in [4.69, 9.17) is 23.2 Å². The normalized spacial score (nSPS) is 16.2. The summed E-state index contributed by atoms with van der Waals surface area (Å²) in [7, 11) is 1.93. The van der Waals surface area contributed by atoms with Gasteiger partial charge in [-0.2, -0.15) is 5.10 Å². The fourth-order valence-electron chi connectivity index (χ4n) is 2.97. The molecule has 3 N–H and O–H groups in total. The molecule has 1 unspecified atom stereocenters. The standard InChI is InChI=1S/C16H20Cl2N6O/c1-24-14-4-2-3-13(11(14)9-22-24)23-16(25)20-6-5-19-15-12(18)7-10(17)8-21-15/h7-9,13H,2-6H2,1H3,(H,19,21)(H2,20,23,25). The minimum Gasteiger partial charge on any atom is -0.367 e. The third-order valence-corrected chi connectivity index (χ3v) is 4.69. The van der Waals surface area contributed by atoms with Crippen molar-refractivity contribution < 1.29 is 4.79 Å². The predicted molar refractivity (Wildman–Crippen MR) is 98.2 cm³/mol. The van der Waals surface area contributed by atoms with Crippen LogP contribution in [0.25, 0.3) is 0 Å². The molecule has 134 valence electrons. The molecule has 7 nitrogen and oxygen atoms in total. The number of rotatable bonds is 5. The lowest BCUT2D eigenvalue weighted by Crippen LogP contribution is -2.40. The number of halogens is 2. The molecular weight excluding hydrogens is 363 g/mol. The molecule has 3 rings (SSSR count). The molecule has 2 amide bonds. The maximum absolute atomic E-state index is 12.1. The molecule has 0 saturated carbocycles. The number of aromatic nitrogens is 3. The first-order valence-electron chi connectivity index (χ1n) is 8.14. The molecule has 2 aromatic rings. The molecule has 1 aliphatic rings. The van der Waals surface area contributed by atoms with Gasteiger partial charge in [0.15, 0.2) is 0 Å². The van der Waals surface area contributed by atoms with Gasteiger partial charge in [-0.15, -0.1) is 0 Å². The molecule has 0 aromatic carbocycles. The smallest absolute Gasteiger partial charge is 0.315 e. The summed E-state index contributed by atoms with van der Waals surface area (Å²) in [5, 5.41) is 14.1. The molecule has 0 saturated heterocycles. The molecule has 25 heavy (non-hydrogen) atoms. The maximum atomic E-state index is 12.1. The lowest BCUT2D eigenvalue weighted by atomic mass is 9.93. The number of nitrogens with one attached hydrogen (secondary N) is 3. The van der Waals surface area contributed by atoms with Gasteiger partial charge < -0.3 is 16.0 Å². The van der Waals surface area contributed by atoms with Crippen molar-refractivity contribution in [2.75, 3.05) is 18.4 Å². The minimum atomic E-state index is -0.196. The first-order valence-corrected chi connectivity index (χ1v) is 8.90. The number of amides is 2. The summed E-state index contributed by atoms with van der Waals surface area (Å²) in [6.45, 7) is 0.948. The van der Waals surface area contributed by atoms with Crippen molar-refractivity contribution in [2.24, 2.45) is 7.05 Å². The van der Waals surface area contributed by atoms with Crippen LogP contribution in [-0.4, -0.2) is 33.9 Å². The third kappa shape index (κ3) is 4.35. The number of carbonyl (C=O) groups is 1. The molecular formula is C16H20Cl2N6O. The SMILES string of the molecule is Cn1ncc2c1CCCC2NC(=O)NCCNc1ncc(Cl)cc1Cl. The van der Waals surface area contributed by atoms with Gasteiger partial charge in [0.1, 0.15) is 5.82 Å². The van der Waals surface area contributed by atoms with E-state index < -0.39 is 0 Å². The molecule has 2 aromatic heterocycles. The van der Waals surface area contributed by atoms with E-state index in [1.165, 1.54) is 11.9 Å². The van der Waals surface area contributed by atoms with Crippen LogP contribution < -0.4 is 16.0 Å². The Morgan fingerprint density at radius 1 is 1.36 bits per heavy atom. The second-order valence-electron chi connectivity index (χ2n) is 5.93. The maximum Gasteiger partial charge on any atom is 0.315 e. The van der Waals surface area contributed by atoms with Gasteiger partial charge in [0, 0.05) is 37.6 Å². The first-order chi connectivity index (χ1) is 12.0. The van der Waals surface area contributed by atoms with Gasteiger partial charge in [-0.1, -0.05) is 23.2 Å². The molecule has 0 aliphatic heterocycles. The Balaban J connectivity index is 1.44. The summed E-state index contributed by atoms with van der Waals surface area (Å²) in [4.78, 5) is 16.2. The molecule has 0 fully saturated rings. The van der Waals surface area contributed by atoms with E-state index in [1.807, 2.05) is 17.9 Å². The monoisotopic (exact) mass is 382 g/mol. The molecule has 1 aliphatic carbocycles. The molecule has 9 heteroatoms. The number of pyridine rings is 1. The van der Waals surface area contributed by atoms with E-state index in [1.54, 1.807) is 6.07 Å². The molecule has 0 spiro atoms. The Kier molecular flexibility index (Phi) is 5.65. The third-order valence-electron chi connectivity index (χ3n) is 4.19. The number of aryl methyl sites for hydroxylation is 1. The van der Waals surface area contributed by atoms with Crippen LogP contribution in [0.3, 0.4) is 0 Å². The predicted octanol–water partition coefficient (Wildman–Crippen LogP) is 2.91. The summed E-state index contributed by atoms with van der Waals surface area (Å²) < 4.78 is 1.88. The van der Waals surface area contributed by atoms with E-state index >= 15 is 0 Å². The van der Waals surface area contributed by atoms with Crippen LogP contribution in [0.1, 0.15) is 30.1 Å². The Morgan fingerprint density at radius 2 is 2.20 bits per heavy atom. The van der Waals surface area contributed by atoms with Gasteiger partial charge in [-0.05, 0) is 25.3 Å². The highest BCUT2D eigenvalue weighted by molar-refractivity contribution is 6.35. The van der Waals surface area contributed by atoms with Crippen LogP contribution in [-0.2, 0) is 13.5 Å². The average molecular weight is 383 g/mol. The Bertz CT molecular complexity index is 763. The van der Waals surface area contributed by atoms with Crippen LogP contribution in [0.15, 0.2) is 18.5 Å². The van der Waals surface area contributed by atoms with Crippen LogP contribution in [0.4, 0.5) is 10.6 Å². The second-order valence-corrected chi connectivity index (χ2v) is 6.77. The quantitative estimate of drug-likeness (QED) is 0.694. The fourth-order valence-corrected chi connectivity index (χ4v) is 3.41. The first kappa shape index (κ1) is 17.8. The van der Waals surface area contributed by atoms with Crippen molar-refractivity contribution in [3.8, 4) is 0 Å². The number of anilines is 1. The van der Waals surface area contributed by atoms with Crippen LogP contribution in [0.5, 0.6) is 0 Å². The zero-order valence-corrected chi connectivity index (χ0v) is 15.4. The Hall–Kier alpha value is -1.99. The summed E-state index contributed by atoms with van der Waals surface area (Å²) in [6.07, 6.45) is 6.33. The van der Waals surface area contributed by atoms with Gasteiger partial charge in [0.25, 0.3) is 0 Å². The van der Waals surface area contributed by atoms with Gasteiger partial charge in [-0.3, -0.25) is 4.68 Å². The second kappa shape index (κ2) is 7.93. The number of nitrogens with zero attached hydrogens (tertiary/aromatic N) is 3. The lowest BCUT2D eigenvalue weighted by molar-refractivity contribution is 0.236. The summed E-state index contributed by atoms with van der Waals surface area (Å²) >= 11 is 11.8. The van der Waals surface area contributed by atoms with Crippen molar-refractivity contribution >= 4 is 35.1 Å². The zero-order valence-electron chi connectivity index (χ0n) is 13.9. The van der Waals surface area contributed by atoms with E-state index in [-0.39, 0.29) is 12.1 Å². The number of hydrogen-bond donors (Lipinski definition) is 3. The van der Waals surface area contributed by atoms with E-state index in [0.29, 0.717) is 29.0 Å². The van der Waals surface area contributed by atoms with Gasteiger partial charge in [0.2, 0.25) is 0 Å². The van der Waals surface area contributed by atoms with E-state index in [2.05, 4.69) is 26.0 Å². The molecule has 2 heterocycles. The molecule has 0 radical (unpaired) electrons. The number of carbonyl (C=O) groups excluding carboxylic acids is 1. The molecule has 0 bridgehead atoms. The van der Waals surface area contributed by atoms with Crippen molar-refractivity contribution in [3.05, 3.63) is 39.8 Å². The van der Waals surface area contributed by atoms with Crippen molar-refractivity contribution in [1.82, 2.24) is 25.4 Å². The average Bonchev–Trinajstić information content (AvgIpc) is 2.96. The van der Waals surface area contributed by atoms with Crippen LogP contribution in [0.2, 0.25) is 10.0 Å². The largest absolute Gasteiger partial charge is 0.367 e. The Labute approximate surface area is 156 Å². The summed E-state index contributed by atoms with van der Waals surface area (Å²) in [6, 6.07) is 1.43. The van der Waals surface area contributed by atoms with Gasteiger partial charge in [0.05, 0.1) is 22.3 Å².